The number of hydrogen-bond donors (Lipinski definition) is 0. The van der Waals surface area contributed by atoms with E-state index in [2.05, 4.69) is 16.7 Å². The minimum Gasteiger partial charge on any atom is -0.228 e. The first-order valence-corrected chi connectivity index (χ1v) is 5.14. The second-order valence-corrected chi connectivity index (χ2v) is 3.57. The molecule has 1 heterocycles. The Morgan fingerprint density at radius 1 is 1.38 bits per heavy atom. The van der Waals surface area contributed by atoms with Crippen molar-refractivity contribution in [3.8, 4) is 11.4 Å². The molecule has 0 saturated carbocycles. The summed E-state index contributed by atoms with van der Waals surface area (Å²) in [6.07, 6.45) is 6.88. The number of rotatable bonds is 3. The maximum absolute atomic E-state index is 5.90. The Bertz CT molecular complexity index is 529. The molecule has 0 aliphatic rings. The SMILES string of the molecule is C=C/C=C/n1cnc(-c2cccc(Cl)c2)n1. The molecule has 2 aromatic rings. The van der Waals surface area contributed by atoms with E-state index >= 15 is 0 Å². The Morgan fingerprint density at radius 2 is 2.25 bits per heavy atom. The van der Waals surface area contributed by atoms with Crippen LogP contribution in [0, 0.1) is 0 Å². The first-order valence-electron chi connectivity index (χ1n) is 4.76. The summed E-state index contributed by atoms with van der Waals surface area (Å²) in [5, 5.41) is 4.95. The topological polar surface area (TPSA) is 30.7 Å². The van der Waals surface area contributed by atoms with Gasteiger partial charge in [-0.25, -0.2) is 9.67 Å². The van der Waals surface area contributed by atoms with Gasteiger partial charge >= 0.3 is 0 Å². The van der Waals surface area contributed by atoms with E-state index in [1.807, 2.05) is 24.3 Å². The van der Waals surface area contributed by atoms with Gasteiger partial charge in [-0.2, -0.15) is 0 Å². The zero-order valence-corrected chi connectivity index (χ0v) is 9.30. The zero-order chi connectivity index (χ0) is 11.4. The van der Waals surface area contributed by atoms with Crippen molar-refractivity contribution >= 4 is 17.8 Å². The molecule has 0 atom stereocenters. The van der Waals surface area contributed by atoms with Crippen molar-refractivity contribution in [3.05, 3.63) is 54.3 Å². The van der Waals surface area contributed by atoms with Crippen LogP contribution in [-0.2, 0) is 0 Å². The molecule has 4 heteroatoms. The molecule has 80 valence electrons. The van der Waals surface area contributed by atoms with Crippen molar-refractivity contribution in [3.63, 3.8) is 0 Å². The van der Waals surface area contributed by atoms with Gasteiger partial charge in [0, 0.05) is 16.8 Å². The largest absolute Gasteiger partial charge is 0.228 e. The van der Waals surface area contributed by atoms with E-state index in [1.165, 1.54) is 0 Å². The average Bonchev–Trinajstić information content (AvgIpc) is 2.75. The number of halogens is 1. The molecule has 1 aromatic heterocycles. The fraction of sp³-hybridized carbons (Fsp3) is 0. The van der Waals surface area contributed by atoms with Gasteiger partial charge in [-0.3, -0.25) is 0 Å². The lowest BCUT2D eigenvalue weighted by Gasteiger charge is -1.94. The van der Waals surface area contributed by atoms with Gasteiger partial charge in [0.15, 0.2) is 5.82 Å². The molecule has 0 fully saturated rings. The van der Waals surface area contributed by atoms with Gasteiger partial charge in [0.2, 0.25) is 0 Å². The molecule has 0 N–H and O–H groups in total. The van der Waals surface area contributed by atoms with Crippen molar-refractivity contribution < 1.29 is 0 Å². The van der Waals surface area contributed by atoms with Crippen molar-refractivity contribution in [2.45, 2.75) is 0 Å². The lowest BCUT2D eigenvalue weighted by atomic mass is 10.2. The molecular weight excluding hydrogens is 222 g/mol. The summed E-state index contributed by atoms with van der Waals surface area (Å²) >= 11 is 5.90. The van der Waals surface area contributed by atoms with E-state index in [4.69, 9.17) is 11.6 Å². The van der Waals surface area contributed by atoms with Gasteiger partial charge in [-0.15, -0.1) is 5.10 Å². The number of hydrogen-bond acceptors (Lipinski definition) is 2. The molecule has 16 heavy (non-hydrogen) atoms. The first-order chi connectivity index (χ1) is 7.79. The Balaban J connectivity index is 2.31. The predicted octanol–water partition coefficient (Wildman–Crippen LogP) is 3.26. The maximum atomic E-state index is 5.90. The molecule has 0 radical (unpaired) electrons. The van der Waals surface area contributed by atoms with Crippen LogP contribution in [0.25, 0.3) is 17.6 Å². The third kappa shape index (κ3) is 2.38. The van der Waals surface area contributed by atoms with E-state index in [1.54, 1.807) is 29.4 Å². The minimum absolute atomic E-state index is 0.649. The summed E-state index contributed by atoms with van der Waals surface area (Å²) in [7, 11) is 0. The van der Waals surface area contributed by atoms with E-state index in [9.17, 15) is 0 Å². The molecule has 0 spiro atoms. The molecule has 1 aromatic carbocycles. The summed E-state index contributed by atoms with van der Waals surface area (Å²) in [6.45, 7) is 3.59. The standard InChI is InChI=1S/C12H10ClN3/c1-2-3-7-16-9-14-12(15-16)10-5-4-6-11(13)8-10/h2-9H,1H2/b7-3+. The van der Waals surface area contributed by atoms with Crippen molar-refractivity contribution in [1.29, 1.82) is 0 Å². The smallest absolute Gasteiger partial charge is 0.181 e. The van der Waals surface area contributed by atoms with E-state index in [0.29, 0.717) is 10.8 Å². The first kappa shape index (κ1) is 10.6. The summed E-state index contributed by atoms with van der Waals surface area (Å²) in [5.74, 6) is 0.649. The van der Waals surface area contributed by atoms with Crippen LogP contribution in [0.3, 0.4) is 0 Å². The summed E-state index contributed by atoms with van der Waals surface area (Å²) < 4.78 is 1.62. The van der Waals surface area contributed by atoms with Gasteiger partial charge in [-0.1, -0.05) is 36.4 Å². The van der Waals surface area contributed by atoms with Crippen LogP contribution < -0.4 is 0 Å². The predicted molar refractivity (Wildman–Crippen MR) is 66.0 cm³/mol. The van der Waals surface area contributed by atoms with Gasteiger partial charge in [0.05, 0.1) is 0 Å². The fourth-order valence-electron chi connectivity index (χ4n) is 1.26. The summed E-state index contributed by atoms with van der Waals surface area (Å²) in [6, 6.07) is 7.44. The van der Waals surface area contributed by atoms with E-state index < -0.39 is 0 Å². The highest BCUT2D eigenvalue weighted by molar-refractivity contribution is 6.30. The normalized spacial score (nSPS) is 10.8. The van der Waals surface area contributed by atoms with Crippen LogP contribution in [-0.4, -0.2) is 14.8 Å². The summed E-state index contributed by atoms with van der Waals surface area (Å²) in [5.41, 5.74) is 0.901. The van der Waals surface area contributed by atoms with Crippen LogP contribution in [0.4, 0.5) is 0 Å². The third-order valence-corrected chi connectivity index (χ3v) is 2.20. The number of nitrogens with zero attached hydrogens (tertiary/aromatic N) is 3. The quantitative estimate of drug-likeness (QED) is 0.760. The molecule has 0 aliphatic carbocycles. The highest BCUT2D eigenvalue weighted by Crippen LogP contribution is 2.18. The average molecular weight is 232 g/mol. The Kier molecular flexibility index (Phi) is 3.17. The maximum Gasteiger partial charge on any atom is 0.181 e. The summed E-state index contributed by atoms with van der Waals surface area (Å²) in [4.78, 5) is 4.19. The number of aromatic nitrogens is 3. The molecule has 3 nitrogen and oxygen atoms in total. The molecular formula is C12H10ClN3. The highest BCUT2D eigenvalue weighted by Gasteiger charge is 2.02. The highest BCUT2D eigenvalue weighted by atomic mass is 35.5. The van der Waals surface area contributed by atoms with Crippen LogP contribution in [0.15, 0.2) is 49.3 Å². The molecule has 0 aliphatic heterocycles. The number of allylic oxidation sites excluding steroid dienone is 2. The van der Waals surface area contributed by atoms with Crippen molar-refractivity contribution in [1.82, 2.24) is 14.8 Å². The molecule has 0 saturated heterocycles. The third-order valence-electron chi connectivity index (χ3n) is 1.97. The van der Waals surface area contributed by atoms with Crippen LogP contribution >= 0.6 is 11.6 Å². The van der Waals surface area contributed by atoms with Gasteiger partial charge in [-0.05, 0) is 18.2 Å². The monoisotopic (exact) mass is 231 g/mol. The van der Waals surface area contributed by atoms with Crippen molar-refractivity contribution in [2.75, 3.05) is 0 Å². The second-order valence-electron chi connectivity index (χ2n) is 3.14. The second kappa shape index (κ2) is 4.77. The minimum atomic E-state index is 0.649. The Labute approximate surface area is 98.7 Å². The van der Waals surface area contributed by atoms with Crippen LogP contribution in [0.5, 0.6) is 0 Å². The molecule has 0 unspecified atom stereocenters. The lowest BCUT2D eigenvalue weighted by molar-refractivity contribution is 0.937. The van der Waals surface area contributed by atoms with Crippen LogP contribution in [0.1, 0.15) is 0 Å². The molecule has 0 amide bonds. The molecule has 0 bridgehead atoms. The van der Waals surface area contributed by atoms with Crippen molar-refractivity contribution in [2.24, 2.45) is 0 Å². The fourth-order valence-corrected chi connectivity index (χ4v) is 1.45. The number of benzene rings is 1. The van der Waals surface area contributed by atoms with Crippen LogP contribution in [0.2, 0.25) is 5.02 Å². The lowest BCUT2D eigenvalue weighted by Crippen LogP contribution is -1.86. The zero-order valence-electron chi connectivity index (χ0n) is 8.55. The van der Waals surface area contributed by atoms with Gasteiger partial charge < -0.3 is 0 Å². The molecule has 2 rings (SSSR count). The van der Waals surface area contributed by atoms with E-state index in [0.717, 1.165) is 5.56 Å². The van der Waals surface area contributed by atoms with E-state index in [-0.39, 0.29) is 0 Å². The van der Waals surface area contributed by atoms with Gasteiger partial charge in [0.1, 0.15) is 6.33 Å². The Morgan fingerprint density at radius 3 is 3.00 bits per heavy atom. The Hall–Kier alpha value is -1.87. The van der Waals surface area contributed by atoms with Gasteiger partial charge in [0.25, 0.3) is 0 Å².